The van der Waals surface area contributed by atoms with Gasteiger partial charge in [-0.1, -0.05) is 26.3 Å². The number of nitrogens with zero attached hydrogens (tertiary/aromatic N) is 1. The monoisotopic (exact) mass is 348 g/mol. The minimum Gasteiger partial charge on any atom is -0.403 e. The van der Waals surface area contributed by atoms with Crippen LogP contribution >= 0.6 is 0 Å². The molecule has 0 bridgehead atoms. The van der Waals surface area contributed by atoms with Gasteiger partial charge in [0, 0.05) is 32.2 Å². The van der Waals surface area contributed by atoms with Gasteiger partial charge >= 0.3 is 6.36 Å². The number of ether oxygens (including phenoxy) is 1. The predicted molar refractivity (Wildman–Crippen MR) is 84.3 cm³/mol. The molecule has 0 aliphatic carbocycles. The quantitative estimate of drug-likeness (QED) is 0.783. The van der Waals surface area contributed by atoms with Crippen molar-refractivity contribution in [1.29, 1.82) is 0 Å². The fraction of sp³-hybridized carbons (Fsp3) is 0.647. The molecular weight excluding hydrogens is 324 g/mol. The molecule has 0 aromatic heterocycles. The van der Waals surface area contributed by atoms with Crippen LogP contribution in [0.4, 0.5) is 17.6 Å². The molecule has 2 atom stereocenters. The Morgan fingerprint density at radius 3 is 2.46 bits per heavy atom. The molecule has 1 unspecified atom stereocenters. The van der Waals surface area contributed by atoms with Crippen LogP contribution in [0.25, 0.3) is 0 Å². The van der Waals surface area contributed by atoms with E-state index in [0.717, 1.165) is 45.1 Å². The van der Waals surface area contributed by atoms with Gasteiger partial charge in [-0.3, -0.25) is 4.90 Å². The molecule has 7 heteroatoms. The molecule has 1 fully saturated rings. The highest BCUT2D eigenvalue weighted by Crippen LogP contribution is 2.35. The second-order valence-corrected chi connectivity index (χ2v) is 6.23. The van der Waals surface area contributed by atoms with Gasteiger partial charge in [0.15, 0.2) is 11.6 Å². The zero-order valence-corrected chi connectivity index (χ0v) is 14.0. The van der Waals surface area contributed by atoms with Crippen LogP contribution in [0.2, 0.25) is 0 Å². The van der Waals surface area contributed by atoms with Gasteiger partial charge in [0.25, 0.3) is 0 Å². The van der Waals surface area contributed by atoms with Gasteiger partial charge in [0.2, 0.25) is 0 Å². The standard InChI is InChI=1S/C17H24F4N2O/c1-3-4-12(2)16(23-9-7-22-8-10-23)13-5-6-15(14(18)11-13)24-17(19,20)21/h5-6,11-12,16,22H,3-4,7-10H2,1-2H3/t12?,16-/m0/s1. The van der Waals surface area contributed by atoms with E-state index in [-0.39, 0.29) is 12.0 Å². The van der Waals surface area contributed by atoms with E-state index in [1.165, 1.54) is 6.07 Å². The van der Waals surface area contributed by atoms with Crippen molar-refractivity contribution in [2.75, 3.05) is 26.2 Å². The maximum atomic E-state index is 14.1. The third-order valence-electron chi connectivity index (χ3n) is 4.35. The largest absolute Gasteiger partial charge is 0.573 e. The number of nitrogens with one attached hydrogen (secondary N) is 1. The van der Waals surface area contributed by atoms with Crippen LogP contribution in [0, 0.1) is 11.7 Å². The molecule has 2 rings (SSSR count). The van der Waals surface area contributed by atoms with Crippen molar-refractivity contribution in [3.63, 3.8) is 0 Å². The highest BCUT2D eigenvalue weighted by Gasteiger charge is 2.33. The van der Waals surface area contributed by atoms with E-state index >= 15 is 0 Å². The highest BCUT2D eigenvalue weighted by atomic mass is 19.4. The minimum absolute atomic E-state index is 0.0125. The van der Waals surface area contributed by atoms with Crippen molar-refractivity contribution < 1.29 is 22.3 Å². The maximum absolute atomic E-state index is 14.1. The summed E-state index contributed by atoms with van der Waals surface area (Å²) in [6.45, 7) is 7.57. The number of piperazine rings is 1. The summed E-state index contributed by atoms with van der Waals surface area (Å²) in [5.41, 5.74) is 0.699. The molecule has 1 aliphatic heterocycles. The topological polar surface area (TPSA) is 24.5 Å². The van der Waals surface area contributed by atoms with E-state index in [0.29, 0.717) is 5.56 Å². The Hall–Kier alpha value is -1.34. The van der Waals surface area contributed by atoms with Gasteiger partial charge in [-0.05, 0) is 30.0 Å². The van der Waals surface area contributed by atoms with E-state index in [1.807, 2.05) is 0 Å². The van der Waals surface area contributed by atoms with E-state index < -0.39 is 17.9 Å². The Morgan fingerprint density at radius 1 is 1.25 bits per heavy atom. The SMILES string of the molecule is CCCC(C)[C@@H](c1ccc(OC(F)(F)F)c(F)c1)N1CCNCC1. The van der Waals surface area contributed by atoms with Crippen molar-refractivity contribution in [2.45, 2.75) is 39.1 Å². The van der Waals surface area contributed by atoms with Crippen molar-refractivity contribution in [1.82, 2.24) is 10.2 Å². The third kappa shape index (κ3) is 5.08. The van der Waals surface area contributed by atoms with E-state index in [4.69, 9.17) is 0 Å². The molecule has 1 aliphatic rings. The molecule has 0 spiro atoms. The summed E-state index contributed by atoms with van der Waals surface area (Å²) in [4.78, 5) is 2.27. The van der Waals surface area contributed by atoms with Crippen LogP contribution in [0.3, 0.4) is 0 Å². The fourth-order valence-electron chi connectivity index (χ4n) is 3.38. The number of hydrogen-bond donors (Lipinski definition) is 1. The van der Waals surface area contributed by atoms with Crippen molar-refractivity contribution in [3.8, 4) is 5.75 Å². The molecule has 1 N–H and O–H groups in total. The van der Waals surface area contributed by atoms with Crippen LogP contribution in [-0.2, 0) is 0 Å². The molecule has 0 saturated carbocycles. The van der Waals surface area contributed by atoms with Gasteiger partial charge in [0.05, 0.1) is 0 Å². The smallest absolute Gasteiger partial charge is 0.403 e. The fourth-order valence-corrected chi connectivity index (χ4v) is 3.38. The first-order chi connectivity index (χ1) is 11.3. The predicted octanol–water partition coefficient (Wildman–Crippen LogP) is 4.11. The lowest BCUT2D eigenvalue weighted by Gasteiger charge is -2.38. The van der Waals surface area contributed by atoms with Gasteiger partial charge in [-0.2, -0.15) is 0 Å². The Morgan fingerprint density at radius 2 is 1.92 bits per heavy atom. The van der Waals surface area contributed by atoms with Crippen LogP contribution in [0.1, 0.15) is 38.3 Å². The summed E-state index contributed by atoms with van der Waals surface area (Å²) in [5.74, 6) is -1.48. The molecule has 3 nitrogen and oxygen atoms in total. The second-order valence-electron chi connectivity index (χ2n) is 6.23. The summed E-state index contributed by atoms with van der Waals surface area (Å²) in [6, 6.07) is 3.79. The lowest BCUT2D eigenvalue weighted by molar-refractivity contribution is -0.275. The molecule has 24 heavy (non-hydrogen) atoms. The number of alkyl halides is 3. The van der Waals surface area contributed by atoms with Gasteiger partial charge in [-0.15, -0.1) is 13.2 Å². The van der Waals surface area contributed by atoms with Gasteiger partial charge in [-0.25, -0.2) is 4.39 Å². The van der Waals surface area contributed by atoms with Crippen molar-refractivity contribution in [2.24, 2.45) is 5.92 Å². The molecule has 1 aromatic carbocycles. The molecule has 136 valence electrons. The number of benzene rings is 1. The lowest BCUT2D eigenvalue weighted by atomic mass is 9.89. The minimum atomic E-state index is -4.89. The normalized spacial score (nSPS) is 19.1. The van der Waals surface area contributed by atoms with Gasteiger partial charge < -0.3 is 10.1 Å². The van der Waals surface area contributed by atoms with Crippen LogP contribution < -0.4 is 10.1 Å². The first-order valence-corrected chi connectivity index (χ1v) is 8.31. The Balaban J connectivity index is 2.26. The van der Waals surface area contributed by atoms with Gasteiger partial charge in [0.1, 0.15) is 0 Å². The maximum Gasteiger partial charge on any atom is 0.573 e. The summed E-state index contributed by atoms with van der Waals surface area (Å²) < 4.78 is 54.7. The van der Waals surface area contributed by atoms with E-state index in [9.17, 15) is 17.6 Å². The summed E-state index contributed by atoms with van der Waals surface area (Å²) >= 11 is 0. The third-order valence-corrected chi connectivity index (χ3v) is 4.35. The van der Waals surface area contributed by atoms with E-state index in [1.54, 1.807) is 6.07 Å². The molecule has 1 aromatic rings. The van der Waals surface area contributed by atoms with E-state index in [2.05, 4.69) is 28.8 Å². The zero-order valence-electron chi connectivity index (χ0n) is 14.0. The lowest BCUT2D eigenvalue weighted by Crippen LogP contribution is -2.46. The first-order valence-electron chi connectivity index (χ1n) is 8.31. The highest BCUT2D eigenvalue weighted by molar-refractivity contribution is 5.31. The number of halogens is 4. The average molecular weight is 348 g/mol. The number of rotatable bonds is 6. The molecule has 0 radical (unpaired) electrons. The Bertz CT molecular complexity index is 530. The van der Waals surface area contributed by atoms with Crippen molar-refractivity contribution in [3.05, 3.63) is 29.6 Å². The Labute approximate surface area is 140 Å². The van der Waals surface area contributed by atoms with Crippen LogP contribution in [-0.4, -0.2) is 37.4 Å². The first kappa shape index (κ1) is 19.0. The van der Waals surface area contributed by atoms with Crippen LogP contribution in [0.15, 0.2) is 18.2 Å². The molecule has 1 heterocycles. The summed E-state index contributed by atoms with van der Waals surface area (Å²) in [5, 5.41) is 3.28. The summed E-state index contributed by atoms with van der Waals surface area (Å²) in [7, 11) is 0. The molecule has 0 amide bonds. The Kier molecular flexibility index (Phi) is 6.46. The molecule has 1 saturated heterocycles. The average Bonchev–Trinajstić information content (AvgIpc) is 2.50. The number of hydrogen-bond acceptors (Lipinski definition) is 3. The summed E-state index contributed by atoms with van der Waals surface area (Å²) in [6.07, 6.45) is -2.92. The molecular formula is C17H24F4N2O. The zero-order chi connectivity index (χ0) is 17.7. The van der Waals surface area contributed by atoms with Crippen molar-refractivity contribution >= 4 is 0 Å². The second kappa shape index (κ2) is 8.16. The van der Waals surface area contributed by atoms with Crippen LogP contribution in [0.5, 0.6) is 5.75 Å².